The van der Waals surface area contributed by atoms with Crippen LogP contribution in [0.1, 0.15) is 26.2 Å². The Labute approximate surface area is 85.9 Å². The summed E-state index contributed by atoms with van der Waals surface area (Å²) in [4.78, 5) is 10.4. The van der Waals surface area contributed by atoms with Crippen molar-refractivity contribution in [1.29, 1.82) is 0 Å². The molecule has 0 spiro atoms. The van der Waals surface area contributed by atoms with Crippen LogP contribution in [0.15, 0.2) is 0 Å². The molecule has 3 nitrogen and oxygen atoms in total. The Morgan fingerprint density at radius 2 is 1.79 bits per heavy atom. The number of carboxylic acid groups (broad SMARTS) is 1. The van der Waals surface area contributed by atoms with E-state index in [2.05, 4.69) is 0 Å². The number of hydrogen-bond donors (Lipinski definition) is 2. The van der Waals surface area contributed by atoms with Crippen LogP contribution in [-0.2, 0) is 4.79 Å². The minimum Gasteiger partial charge on any atom is -0.480 e. The first-order valence-corrected chi connectivity index (χ1v) is 3.74. The second kappa shape index (κ2) is 5.41. The lowest BCUT2D eigenvalue weighted by molar-refractivity contribution is -0.146. The monoisotopic (exact) mass is 235 g/mol. The molecule has 7 heteroatoms. The molecular weight excluding hydrogens is 223 g/mol. The van der Waals surface area contributed by atoms with Gasteiger partial charge in [0.1, 0.15) is 5.54 Å². The van der Waals surface area contributed by atoms with Gasteiger partial charge in [-0.25, -0.2) is 0 Å². The molecule has 86 valence electrons. The van der Waals surface area contributed by atoms with E-state index in [9.17, 15) is 18.0 Å². The topological polar surface area (TPSA) is 63.3 Å². The molecule has 0 aliphatic carbocycles. The third kappa shape index (κ3) is 6.97. The van der Waals surface area contributed by atoms with E-state index < -0.39 is 24.1 Å². The highest BCUT2D eigenvalue weighted by Crippen LogP contribution is 2.24. The molecule has 0 saturated heterocycles. The number of alkyl halides is 3. The fraction of sp³-hybridized carbons (Fsp3) is 0.857. The number of carboxylic acids is 1. The SMILES string of the molecule is C[C@](N)(CCCC(F)(F)F)C(=O)O.Cl. The summed E-state index contributed by atoms with van der Waals surface area (Å²) in [5.41, 5.74) is 3.66. The molecule has 0 rings (SSSR count). The van der Waals surface area contributed by atoms with Crippen molar-refractivity contribution in [2.45, 2.75) is 37.9 Å². The number of halogens is 4. The minimum absolute atomic E-state index is 0. The standard InChI is InChI=1S/C7H12F3NO2.ClH/c1-6(11,5(12)13)3-2-4-7(8,9)10;/h2-4,11H2,1H3,(H,12,13);1H/t6-;/m0./s1. The van der Waals surface area contributed by atoms with Gasteiger partial charge in [-0.2, -0.15) is 13.2 Å². The molecule has 0 fully saturated rings. The summed E-state index contributed by atoms with van der Waals surface area (Å²) in [5.74, 6) is -1.28. The van der Waals surface area contributed by atoms with Gasteiger partial charge < -0.3 is 10.8 Å². The summed E-state index contributed by atoms with van der Waals surface area (Å²) in [7, 11) is 0. The van der Waals surface area contributed by atoms with Crippen molar-refractivity contribution in [2.24, 2.45) is 5.73 Å². The molecule has 0 heterocycles. The third-order valence-corrected chi connectivity index (χ3v) is 1.64. The van der Waals surface area contributed by atoms with Crippen molar-refractivity contribution in [3.05, 3.63) is 0 Å². The van der Waals surface area contributed by atoms with E-state index >= 15 is 0 Å². The van der Waals surface area contributed by atoms with Crippen LogP contribution in [0.4, 0.5) is 13.2 Å². The molecule has 0 aromatic heterocycles. The minimum atomic E-state index is -4.24. The van der Waals surface area contributed by atoms with Gasteiger partial charge in [-0.3, -0.25) is 4.79 Å². The van der Waals surface area contributed by atoms with Gasteiger partial charge in [-0.05, 0) is 19.8 Å². The molecule has 3 N–H and O–H groups in total. The summed E-state index contributed by atoms with van der Waals surface area (Å²) in [5, 5.41) is 8.46. The lowest BCUT2D eigenvalue weighted by Crippen LogP contribution is -2.44. The number of aliphatic carboxylic acids is 1. The van der Waals surface area contributed by atoms with Crippen LogP contribution >= 0.6 is 12.4 Å². The Balaban J connectivity index is 0. The molecule has 0 unspecified atom stereocenters. The van der Waals surface area contributed by atoms with E-state index in [1.54, 1.807) is 0 Å². The molecule has 0 bridgehead atoms. The smallest absolute Gasteiger partial charge is 0.389 e. The quantitative estimate of drug-likeness (QED) is 0.783. The second-order valence-corrected chi connectivity index (χ2v) is 3.19. The van der Waals surface area contributed by atoms with Crippen LogP contribution in [-0.4, -0.2) is 22.8 Å². The normalized spacial score (nSPS) is 15.5. The van der Waals surface area contributed by atoms with Crippen LogP contribution in [0, 0.1) is 0 Å². The summed E-state index contributed by atoms with van der Waals surface area (Å²) in [6.07, 6.45) is -5.67. The van der Waals surface area contributed by atoms with E-state index in [0.717, 1.165) is 0 Å². The van der Waals surface area contributed by atoms with Crippen molar-refractivity contribution in [2.75, 3.05) is 0 Å². The van der Waals surface area contributed by atoms with E-state index in [4.69, 9.17) is 10.8 Å². The van der Waals surface area contributed by atoms with Crippen LogP contribution in [0.2, 0.25) is 0 Å². The lowest BCUT2D eigenvalue weighted by atomic mass is 9.96. The van der Waals surface area contributed by atoms with Crippen LogP contribution in [0.3, 0.4) is 0 Å². The molecule has 0 amide bonds. The average Bonchev–Trinajstić information content (AvgIpc) is 1.82. The van der Waals surface area contributed by atoms with Crippen LogP contribution in [0.25, 0.3) is 0 Å². The van der Waals surface area contributed by atoms with E-state index in [1.165, 1.54) is 6.92 Å². The molecule has 0 radical (unpaired) electrons. The Morgan fingerprint density at radius 3 is 2.07 bits per heavy atom. The van der Waals surface area contributed by atoms with Gasteiger partial charge in [0.15, 0.2) is 0 Å². The van der Waals surface area contributed by atoms with E-state index in [1.807, 2.05) is 0 Å². The number of carbonyl (C=O) groups is 1. The Morgan fingerprint density at radius 1 is 1.36 bits per heavy atom. The largest absolute Gasteiger partial charge is 0.480 e. The Kier molecular flexibility index (Phi) is 6.16. The maximum absolute atomic E-state index is 11.6. The maximum atomic E-state index is 11.6. The predicted molar refractivity (Wildman–Crippen MR) is 47.4 cm³/mol. The van der Waals surface area contributed by atoms with Gasteiger partial charge in [-0.15, -0.1) is 12.4 Å². The molecule has 0 saturated carbocycles. The molecule has 0 aromatic rings. The Bertz CT molecular complexity index is 194. The molecule has 0 aliphatic heterocycles. The summed E-state index contributed by atoms with van der Waals surface area (Å²) in [6, 6.07) is 0. The highest BCUT2D eigenvalue weighted by Gasteiger charge is 2.31. The second-order valence-electron chi connectivity index (χ2n) is 3.19. The zero-order valence-electron chi connectivity index (χ0n) is 7.60. The first-order chi connectivity index (χ1) is 5.65. The van der Waals surface area contributed by atoms with Gasteiger partial charge in [0.2, 0.25) is 0 Å². The Hall–Kier alpha value is -0.490. The highest BCUT2D eigenvalue weighted by atomic mass is 35.5. The van der Waals surface area contributed by atoms with Crippen molar-refractivity contribution in [1.82, 2.24) is 0 Å². The fourth-order valence-corrected chi connectivity index (χ4v) is 0.763. The highest BCUT2D eigenvalue weighted by molar-refractivity contribution is 5.85. The molecule has 1 atom stereocenters. The zero-order valence-corrected chi connectivity index (χ0v) is 8.41. The number of rotatable bonds is 4. The first-order valence-electron chi connectivity index (χ1n) is 3.74. The van der Waals surface area contributed by atoms with Gasteiger partial charge in [-0.1, -0.05) is 0 Å². The maximum Gasteiger partial charge on any atom is 0.389 e. The van der Waals surface area contributed by atoms with Gasteiger partial charge in [0.25, 0.3) is 0 Å². The summed E-state index contributed by atoms with van der Waals surface area (Å²) in [6.45, 7) is 1.20. The zero-order chi connectivity index (χ0) is 10.7. The number of hydrogen-bond acceptors (Lipinski definition) is 2. The third-order valence-electron chi connectivity index (χ3n) is 1.64. The van der Waals surface area contributed by atoms with E-state index in [-0.39, 0.29) is 25.2 Å². The van der Waals surface area contributed by atoms with Crippen molar-refractivity contribution in [3.63, 3.8) is 0 Å². The van der Waals surface area contributed by atoms with Crippen molar-refractivity contribution >= 4 is 18.4 Å². The lowest BCUT2D eigenvalue weighted by Gasteiger charge is -2.18. The molecule has 0 aromatic carbocycles. The fourth-order valence-electron chi connectivity index (χ4n) is 0.763. The molecule has 14 heavy (non-hydrogen) atoms. The van der Waals surface area contributed by atoms with Crippen molar-refractivity contribution in [3.8, 4) is 0 Å². The van der Waals surface area contributed by atoms with Gasteiger partial charge in [0.05, 0.1) is 0 Å². The van der Waals surface area contributed by atoms with Crippen molar-refractivity contribution < 1.29 is 23.1 Å². The van der Waals surface area contributed by atoms with E-state index in [0.29, 0.717) is 0 Å². The summed E-state index contributed by atoms with van der Waals surface area (Å²) < 4.78 is 34.9. The van der Waals surface area contributed by atoms with Gasteiger partial charge in [0, 0.05) is 6.42 Å². The predicted octanol–water partition coefficient (Wildman–Crippen LogP) is 1.94. The molecular formula is C7H13ClF3NO2. The molecule has 0 aliphatic rings. The van der Waals surface area contributed by atoms with Gasteiger partial charge >= 0.3 is 12.1 Å². The average molecular weight is 236 g/mol. The van der Waals surface area contributed by atoms with Crippen LogP contribution < -0.4 is 5.73 Å². The first kappa shape index (κ1) is 16.0. The van der Waals surface area contributed by atoms with Crippen LogP contribution in [0.5, 0.6) is 0 Å². The number of nitrogens with two attached hydrogens (primary N) is 1. The summed E-state index contributed by atoms with van der Waals surface area (Å²) >= 11 is 0.